The SMILES string of the molecule is CC[C@@H](OC(C)=O)[C@@H](OC(C)=O)[C@@H]1OC(C(=O)OC)=C[C@H](NC#N)[C@H]1NC(C)=O.COC(=O)C1=C[C@H](NC#N)[C@@H](NC(C)=O)[C@H]([C@H](O)[C@H](O)CO)O1. The maximum atomic E-state index is 12.0. The van der Waals surface area contributed by atoms with Gasteiger partial charge in [-0.05, 0) is 18.6 Å². The summed E-state index contributed by atoms with van der Waals surface area (Å²) in [5, 5.41) is 56.5. The average molecular weight is 741 g/mol. The first-order valence-corrected chi connectivity index (χ1v) is 15.6. The summed E-state index contributed by atoms with van der Waals surface area (Å²) in [7, 11) is 2.26. The zero-order valence-corrected chi connectivity index (χ0v) is 29.5. The summed E-state index contributed by atoms with van der Waals surface area (Å²) in [4.78, 5) is 70.1. The van der Waals surface area contributed by atoms with E-state index in [1.807, 2.05) is 0 Å². The van der Waals surface area contributed by atoms with Gasteiger partial charge in [0.1, 0.15) is 24.4 Å². The molecule has 0 saturated heterocycles. The van der Waals surface area contributed by atoms with Crippen molar-refractivity contribution in [3.05, 3.63) is 23.7 Å². The molecule has 0 fully saturated rings. The summed E-state index contributed by atoms with van der Waals surface area (Å²) in [5.41, 5.74) is 0. The van der Waals surface area contributed by atoms with E-state index in [0.29, 0.717) is 0 Å². The largest absolute Gasteiger partial charge is 0.478 e. The van der Waals surface area contributed by atoms with Crippen molar-refractivity contribution in [2.75, 3.05) is 20.8 Å². The first kappa shape index (κ1) is 44.4. The van der Waals surface area contributed by atoms with Crippen molar-refractivity contribution in [3.8, 4) is 12.4 Å². The van der Waals surface area contributed by atoms with Crippen LogP contribution in [-0.2, 0) is 57.2 Å². The standard InChI is InChI=1S/C18H25N3O8.C13H19N3O7/c1-6-13(27-10(3)23)16(28-11(4)24)17-15(21-9(2)22)12(20-8-19)7-14(29-17)18(25)26-5;1-6(18)16-10-7(15-5-14)3-9(13(21)22-2)23-12(10)11(20)8(19)4-17/h7,12-13,15-17,20H,6H2,1-5H3,(H,21,22);3,7-8,10-12,15,17,19-20H,4H2,1-2H3,(H,16,18)/t12-,13+,15+,16+,17+;7-,8+,10+,11+,12+/m00/s1. The first-order valence-electron chi connectivity index (χ1n) is 15.6. The van der Waals surface area contributed by atoms with Crippen LogP contribution in [0.1, 0.15) is 41.0 Å². The van der Waals surface area contributed by atoms with Crippen LogP contribution in [0.3, 0.4) is 0 Å². The van der Waals surface area contributed by atoms with Gasteiger partial charge in [0.2, 0.25) is 23.3 Å². The normalized spacial score (nSPS) is 24.0. The van der Waals surface area contributed by atoms with E-state index in [0.717, 1.165) is 21.1 Å². The van der Waals surface area contributed by atoms with Crippen molar-refractivity contribution in [2.24, 2.45) is 0 Å². The van der Waals surface area contributed by atoms with Gasteiger partial charge < -0.3 is 65.0 Å². The Balaban J connectivity index is 0.000000534. The van der Waals surface area contributed by atoms with E-state index in [9.17, 15) is 39.0 Å². The number of aliphatic hydroxyl groups is 3. The number of methoxy groups -OCH3 is 2. The molecule has 21 heteroatoms. The molecule has 52 heavy (non-hydrogen) atoms. The number of nitrogens with zero attached hydrogens (tertiary/aromatic N) is 2. The van der Waals surface area contributed by atoms with Crippen molar-refractivity contribution in [1.29, 1.82) is 10.5 Å². The van der Waals surface area contributed by atoms with Gasteiger partial charge in [-0.3, -0.25) is 19.2 Å². The summed E-state index contributed by atoms with van der Waals surface area (Å²) in [6.45, 7) is 5.76. The second-order valence-electron chi connectivity index (χ2n) is 11.1. The zero-order valence-electron chi connectivity index (χ0n) is 29.5. The Hall–Kier alpha value is -5.64. The molecule has 0 saturated carbocycles. The molecule has 10 atom stereocenters. The summed E-state index contributed by atoms with van der Waals surface area (Å²) in [5.74, 6) is -4.46. The Morgan fingerprint density at radius 3 is 1.56 bits per heavy atom. The van der Waals surface area contributed by atoms with Crippen LogP contribution in [0.4, 0.5) is 0 Å². The number of carbonyl (C=O) groups excluding carboxylic acids is 6. The summed E-state index contributed by atoms with van der Waals surface area (Å²) in [6, 6.07) is -3.69. The maximum absolute atomic E-state index is 12.0. The topological polar surface area (TPSA) is 314 Å². The van der Waals surface area contributed by atoms with Crippen LogP contribution in [-0.4, -0.2) is 133 Å². The minimum atomic E-state index is -1.63. The van der Waals surface area contributed by atoms with Crippen molar-refractivity contribution >= 4 is 35.7 Å². The predicted molar refractivity (Wildman–Crippen MR) is 171 cm³/mol. The molecule has 0 radical (unpaired) electrons. The van der Waals surface area contributed by atoms with Gasteiger partial charge >= 0.3 is 23.9 Å². The van der Waals surface area contributed by atoms with Crippen molar-refractivity contribution in [3.63, 3.8) is 0 Å². The molecule has 288 valence electrons. The lowest BCUT2D eigenvalue weighted by atomic mass is 9.91. The Morgan fingerprint density at radius 1 is 0.788 bits per heavy atom. The second-order valence-corrected chi connectivity index (χ2v) is 11.1. The minimum Gasteiger partial charge on any atom is -0.478 e. The summed E-state index contributed by atoms with van der Waals surface area (Å²) < 4.78 is 30.8. The molecule has 2 amide bonds. The third-order valence-electron chi connectivity index (χ3n) is 7.27. The van der Waals surface area contributed by atoms with Gasteiger partial charge in [0.25, 0.3) is 0 Å². The molecule has 0 aromatic carbocycles. The Labute approximate surface area is 298 Å². The highest BCUT2D eigenvalue weighted by atomic mass is 16.6. The molecule has 2 heterocycles. The van der Waals surface area contributed by atoms with E-state index in [4.69, 9.17) is 34.6 Å². The number of rotatable bonds is 14. The molecular formula is C31H44N6O15. The van der Waals surface area contributed by atoms with Crippen LogP contribution in [0.2, 0.25) is 0 Å². The predicted octanol–water partition coefficient (Wildman–Crippen LogP) is -3.24. The van der Waals surface area contributed by atoms with E-state index in [2.05, 4.69) is 30.7 Å². The number of amides is 2. The molecule has 7 N–H and O–H groups in total. The lowest BCUT2D eigenvalue weighted by molar-refractivity contribution is -0.181. The highest BCUT2D eigenvalue weighted by molar-refractivity contribution is 5.87. The van der Waals surface area contributed by atoms with Crippen molar-refractivity contribution in [2.45, 2.75) is 102 Å². The highest BCUT2D eigenvalue weighted by Crippen LogP contribution is 2.28. The number of carbonyl (C=O) groups is 6. The Bertz CT molecular complexity index is 1440. The molecule has 0 unspecified atom stereocenters. The fraction of sp³-hybridized carbons (Fsp3) is 0.613. The fourth-order valence-electron chi connectivity index (χ4n) is 5.14. The van der Waals surface area contributed by atoms with Gasteiger partial charge in [-0.2, -0.15) is 10.5 Å². The van der Waals surface area contributed by atoms with Crippen LogP contribution < -0.4 is 21.3 Å². The van der Waals surface area contributed by atoms with E-state index in [1.165, 1.54) is 32.9 Å². The lowest BCUT2D eigenvalue weighted by Gasteiger charge is -2.41. The molecule has 0 spiro atoms. The van der Waals surface area contributed by atoms with E-state index >= 15 is 0 Å². The van der Waals surface area contributed by atoms with E-state index in [1.54, 1.807) is 19.3 Å². The van der Waals surface area contributed by atoms with Gasteiger partial charge in [-0.25, -0.2) is 9.59 Å². The molecule has 0 aromatic rings. The Kier molecular flexibility index (Phi) is 18.4. The van der Waals surface area contributed by atoms with Crippen LogP contribution >= 0.6 is 0 Å². The number of aliphatic hydroxyl groups excluding tert-OH is 3. The van der Waals surface area contributed by atoms with Crippen LogP contribution in [0.25, 0.3) is 0 Å². The molecule has 0 aliphatic carbocycles. The molecular weight excluding hydrogens is 696 g/mol. The molecule has 2 aliphatic heterocycles. The summed E-state index contributed by atoms with van der Waals surface area (Å²) in [6.07, 6.45) is -1.62. The quantitative estimate of drug-likeness (QED) is 0.0398. The second kappa shape index (κ2) is 21.5. The lowest BCUT2D eigenvalue weighted by Crippen LogP contribution is -2.63. The van der Waals surface area contributed by atoms with Crippen molar-refractivity contribution < 1.29 is 72.5 Å². The monoisotopic (exact) mass is 740 g/mol. The maximum Gasteiger partial charge on any atom is 0.373 e. The van der Waals surface area contributed by atoms with E-state index in [-0.39, 0.29) is 17.9 Å². The minimum absolute atomic E-state index is 0.248. The molecule has 2 rings (SSSR count). The van der Waals surface area contributed by atoms with Gasteiger partial charge in [0, 0.05) is 27.7 Å². The fourth-order valence-corrected chi connectivity index (χ4v) is 5.14. The third kappa shape index (κ3) is 12.9. The van der Waals surface area contributed by atoms with Crippen molar-refractivity contribution in [1.82, 2.24) is 21.3 Å². The number of hydrogen-bond acceptors (Lipinski definition) is 19. The van der Waals surface area contributed by atoms with Crippen LogP contribution in [0.5, 0.6) is 0 Å². The summed E-state index contributed by atoms with van der Waals surface area (Å²) >= 11 is 0. The van der Waals surface area contributed by atoms with Crippen LogP contribution in [0, 0.1) is 22.9 Å². The van der Waals surface area contributed by atoms with Gasteiger partial charge in [0.15, 0.2) is 24.6 Å². The molecule has 2 aliphatic rings. The highest BCUT2D eigenvalue weighted by Gasteiger charge is 2.47. The zero-order chi connectivity index (χ0) is 39.7. The molecule has 0 bridgehead atoms. The van der Waals surface area contributed by atoms with Gasteiger partial charge in [0.05, 0.1) is 45.0 Å². The number of esters is 4. The smallest absolute Gasteiger partial charge is 0.373 e. The van der Waals surface area contributed by atoms with Gasteiger partial charge in [-0.1, -0.05) is 6.92 Å². The van der Waals surface area contributed by atoms with E-state index < -0.39 is 103 Å². The Morgan fingerprint density at radius 2 is 1.21 bits per heavy atom. The molecule has 21 nitrogen and oxygen atoms in total. The van der Waals surface area contributed by atoms with Gasteiger partial charge in [-0.15, -0.1) is 0 Å². The third-order valence-corrected chi connectivity index (χ3v) is 7.27. The average Bonchev–Trinajstić information content (AvgIpc) is 3.09. The number of nitriles is 2. The first-order chi connectivity index (χ1) is 24.5. The number of nitrogens with one attached hydrogen (secondary N) is 4. The number of hydrogen-bond donors (Lipinski definition) is 7. The number of ether oxygens (including phenoxy) is 6. The van der Waals surface area contributed by atoms with Crippen LogP contribution in [0.15, 0.2) is 23.7 Å². The molecule has 0 aromatic heterocycles.